The van der Waals surface area contributed by atoms with Gasteiger partial charge in [-0.2, -0.15) is 0 Å². The van der Waals surface area contributed by atoms with E-state index in [9.17, 15) is 0 Å². The highest BCUT2D eigenvalue weighted by Crippen LogP contribution is 2.35. The van der Waals surface area contributed by atoms with Crippen molar-refractivity contribution in [2.24, 2.45) is 0 Å². The molecule has 4 rings (SSSR count). The van der Waals surface area contributed by atoms with E-state index in [1.807, 2.05) is 47.0 Å². The Labute approximate surface area is 157 Å². The van der Waals surface area contributed by atoms with E-state index >= 15 is 0 Å². The molecule has 0 bridgehead atoms. The van der Waals surface area contributed by atoms with Crippen molar-refractivity contribution in [3.63, 3.8) is 0 Å². The van der Waals surface area contributed by atoms with Crippen LogP contribution in [-0.2, 0) is 0 Å². The zero-order valence-electron chi connectivity index (χ0n) is 13.8. The number of anilines is 1. The predicted molar refractivity (Wildman–Crippen MR) is 105 cm³/mol. The van der Waals surface area contributed by atoms with Crippen molar-refractivity contribution in [2.75, 3.05) is 18.0 Å². The summed E-state index contributed by atoms with van der Waals surface area (Å²) in [7, 11) is 0. The second-order valence-electron chi connectivity index (χ2n) is 6.28. The Hall–Kier alpha value is -1.97. The summed E-state index contributed by atoms with van der Waals surface area (Å²) in [6.45, 7) is 2.01. The van der Waals surface area contributed by atoms with Crippen LogP contribution in [0.3, 0.4) is 0 Å². The molecule has 1 aliphatic heterocycles. The third-order valence-electron chi connectivity index (χ3n) is 4.58. The fourth-order valence-electron chi connectivity index (χ4n) is 3.30. The molecule has 1 aromatic heterocycles. The molecule has 0 saturated carbocycles. The topological polar surface area (TPSA) is 21.1 Å². The van der Waals surface area contributed by atoms with E-state index in [4.69, 9.17) is 28.2 Å². The predicted octanol–water partition coefficient (Wildman–Crippen LogP) is 5.84. The average Bonchev–Trinajstić information content (AvgIpc) is 3.01. The molecule has 2 heterocycles. The molecule has 1 fully saturated rings. The van der Waals surface area contributed by atoms with E-state index in [0.29, 0.717) is 10.2 Å². The van der Waals surface area contributed by atoms with E-state index in [0.717, 1.165) is 36.0 Å². The zero-order chi connectivity index (χ0) is 17.2. The number of benzene rings is 2. The second-order valence-corrected chi connectivity index (χ2v) is 7.07. The summed E-state index contributed by atoms with van der Waals surface area (Å²) in [6.07, 6.45) is 3.65. The quantitative estimate of drug-likeness (QED) is 0.576. The Morgan fingerprint density at radius 1 is 0.800 bits per heavy atom. The van der Waals surface area contributed by atoms with Gasteiger partial charge in [-0.15, -0.1) is 0 Å². The molecule has 0 amide bonds. The molecule has 0 radical (unpaired) electrons. The van der Waals surface area contributed by atoms with Gasteiger partial charge in [0.05, 0.1) is 0 Å². The van der Waals surface area contributed by atoms with Crippen LogP contribution in [0.5, 0.6) is 0 Å². The van der Waals surface area contributed by atoms with Crippen molar-refractivity contribution in [2.45, 2.75) is 19.3 Å². The van der Waals surface area contributed by atoms with Gasteiger partial charge in [-0.1, -0.05) is 53.5 Å². The van der Waals surface area contributed by atoms with E-state index in [1.165, 1.54) is 19.3 Å². The van der Waals surface area contributed by atoms with Crippen LogP contribution >= 0.6 is 23.2 Å². The van der Waals surface area contributed by atoms with Gasteiger partial charge in [0.15, 0.2) is 11.0 Å². The molecular weight excluding hydrogens is 353 g/mol. The van der Waals surface area contributed by atoms with Gasteiger partial charge >= 0.3 is 0 Å². The third kappa shape index (κ3) is 3.26. The van der Waals surface area contributed by atoms with E-state index < -0.39 is 0 Å². The normalized spacial score (nSPS) is 14.7. The summed E-state index contributed by atoms with van der Waals surface area (Å²) in [5, 5.41) is 1.36. The third-order valence-corrected chi connectivity index (χ3v) is 5.17. The summed E-state index contributed by atoms with van der Waals surface area (Å²) in [5.74, 6) is 1.73. The van der Waals surface area contributed by atoms with Gasteiger partial charge in [0.2, 0.25) is 0 Å². The highest BCUT2D eigenvalue weighted by atomic mass is 35.5. The molecule has 0 unspecified atom stereocenters. The van der Waals surface area contributed by atoms with Crippen molar-refractivity contribution >= 4 is 29.0 Å². The van der Waals surface area contributed by atoms with Gasteiger partial charge in [-0.25, -0.2) is 4.98 Å². The number of halogens is 2. The Kier molecular flexibility index (Phi) is 4.69. The van der Waals surface area contributed by atoms with Gasteiger partial charge < -0.3 is 4.90 Å². The Bertz CT molecular complexity index is 851. The molecule has 25 heavy (non-hydrogen) atoms. The zero-order valence-corrected chi connectivity index (χ0v) is 15.3. The molecule has 5 heteroatoms. The van der Waals surface area contributed by atoms with Crippen LogP contribution in [0.15, 0.2) is 54.6 Å². The number of rotatable bonds is 3. The van der Waals surface area contributed by atoms with Gasteiger partial charge in [0.1, 0.15) is 5.82 Å². The fraction of sp³-hybridized carbons (Fsp3) is 0.250. The lowest BCUT2D eigenvalue weighted by Gasteiger charge is -2.26. The number of hydrogen-bond donors (Lipinski definition) is 0. The van der Waals surface area contributed by atoms with Crippen LogP contribution in [0.4, 0.5) is 5.82 Å². The van der Waals surface area contributed by atoms with Gasteiger partial charge in [-0.05, 0) is 43.5 Å². The first kappa shape index (κ1) is 16.5. The summed E-state index contributed by atoms with van der Waals surface area (Å²) >= 11 is 12.9. The number of hydrogen-bond acceptors (Lipinski definition) is 2. The molecule has 3 aromatic rings. The molecule has 0 atom stereocenters. The average molecular weight is 372 g/mol. The fourth-order valence-corrected chi connectivity index (χ4v) is 3.77. The molecule has 0 aliphatic carbocycles. The van der Waals surface area contributed by atoms with Crippen molar-refractivity contribution in [3.05, 3.63) is 64.8 Å². The van der Waals surface area contributed by atoms with Crippen LogP contribution in [-0.4, -0.2) is 22.6 Å². The second kappa shape index (κ2) is 7.11. The molecule has 2 aromatic carbocycles. The maximum atomic E-state index is 6.81. The number of piperidine rings is 1. The monoisotopic (exact) mass is 371 g/mol. The van der Waals surface area contributed by atoms with Crippen LogP contribution in [0.2, 0.25) is 10.2 Å². The summed E-state index contributed by atoms with van der Waals surface area (Å²) in [6, 6.07) is 17.9. The summed E-state index contributed by atoms with van der Waals surface area (Å²) in [4.78, 5) is 7.22. The van der Waals surface area contributed by atoms with E-state index in [-0.39, 0.29) is 0 Å². The van der Waals surface area contributed by atoms with Crippen molar-refractivity contribution in [1.29, 1.82) is 0 Å². The van der Waals surface area contributed by atoms with Crippen LogP contribution < -0.4 is 4.90 Å². The highest BCUT2D eigenvalue weighted by molar-refractivity contribution is 6.32. The molecule has 0 spiro atoms. The van der Waals surface area contributed by atoms with Crippen LogP contribution in [0, 0.1) is 0 Å². The Balaban J connectivity index is 1.87. The van der Waals surface area contributed by atoms with Crippen LogP contribution in [0.25, 0.3) is 17.1 Å². The number of imidazole rings is 1. The smallest absolute Gasteiger partial charge is 0.167 e. The van der Waals surface area contributed by atoms with E-state index in [1.54, 1.807) is 0 Å². The van der Waals surface area contributed by atoms with E-state index in [2.05, 4.69) is 17.0 Å². The standard InChI is InChI=1S/C20H19Cl2N3/c21-16-9-11-17(12-10-16)25-18(22)20(24-13-5-2-6-14-24)23-19(25)15-7-3-1-4-8-15/h1,3-4,7-12H,2,5-6,13-14H2. The minimum absolute atomic E-state index is 0.656. The molecule has 3 nitrogen and oxygen atoms in total. The summed E-state index contributed by atoms with van der Waals surface area (Å²) < 4.78 is 2.01. The molecule has 128 valence electrons. The summed E-state index contributed by atoms with van der Waals surface area (Å²) in [5.41, 5.74) is 2.01. The minimum Gasteiger partial charge on any atom is -0.354 e. The van der Waals surface area contributed by atoms with Gasteiger partial charge in [0.25, 0.3) is 0 Å². The molecule has 0 N–H and O–H groups in total. The van der Waals surface area contributed by atoms with Crippen LogP contribution in [0.1, 0.15) is 19.3 Å². The maximum absolute atomic E-state index is 6.81. The lowest BCUT2D eigenvalue weighted by Crippen LogP contribution is -2.29. The number of aromatic nitrogens is 2. The first-order valence-corrected chi connectivity index (χ1v) is 9.34. The highest BCUT2D eigenvalue weighted by Gasteiger charge is 2.23. The minimum atomic E-state index is 0.656. The first-order chi connectivity index (χ1) is 12.2. The van der Waals surface area contributed by atoms with Gasteiger partial charge in [-0.3, -0.25) is 4.57 Å². The Morgan fingerprint density at radius 3 is 2.16 bits per heavy atom. The Morgan fingerprint density at radius 2 is 1.48 bits per heavy atom. The van der Waals surface area contributed by atoms with Gasteiger partial charge in [0, 0.05) is 29.4 Å². The lowest BCUT2D eigenvalue weighted by atomic mass is 10.1. The van der Waals surface area contributed by atoms with Crippen molar-refractivity contribution < 1.29 is 0 Å². The molecular formula is C20H19Cl2N3. The lowest BCUT2D eigenvalue weighted by molar-refractivity contribution is 0.574. The number of nitrogens with zero attached hydrogens (tertiary/aromatic N) is 3. The van der Waals surface area contributed by atoms with Crippen molar-refractivity contribution in [1.82, 2.24) is 9.55 Å². The maximum Gasteiger partial charge on any atom is 0.167 e. The SMILES string of the molecule is Clc1ccc(-n2c(-c3ccccc3)nc(N3CCCCC3)c2Cl)cc1. The molecule has 1 aliphatic rings. The molecule has 1 saturated heterocycles. The first-order valence-electron chi connectivity index (χ1n) is 8.58. The van der Waals surface area contributed by atoms with Crippen molar-refractivity contribution in [3.8, 4) is 17.1 Å². The largest absolute Gasteiger partial charge is 0.354 e.